The third-order valence-electron chi connectivity index (χ3n) is 2.87. The van der Waals surface area contributed by atoms with Gasteiger partial charge in [-0.15, -0.1) is 0 Å². The average molecular weight is 258 g/mol. The molecule has 18 heavy (non-hydrogen) atoms. The van der Waals surface area contributed by atoms with Crippen LogP contribution in [0.4, 0.5) is 0 Å². The molecule has 0 atom stereocenters. The van der Waals surface area contributed by atoms with Gasteiger partial charge in [-0.2, -0.15) is 0 Å². The normalized spacial score (nSPS) is 10.8. The first-order valence-electron chi connectivity index (χ1n) is 6.28. The first-order chi connectivity index (χ1) is 8.92. The average Bonchev–Trinajstić information content (AvgIpc) is 2.46. The molecule has 94 valence electrons. The Balaban J connectivity index is 2.18. The maximum absolute atomic E-state index is 5.17. The first-order valence-corrected chi connectivity index (χ1v) is 7.81. The Morgan fingerprint density at radius 2 is 1.33 bits per heavy atom. The van der Waals surface area contributed by atoms with Gasteiger partial charge in [0, 0.05) is 13.7 Å². The van der Waals surface area contributed by atoms with Crippen LogP contribution in [0.1, 0.15) is 6.42 Å². The van der Waals surface area contributed by atoms with Gasteiger partial charge < -0.3 is 4.74 Å². The van der Waals surface area contributed by atoms with Gasteiger partial charge in [0.15, 0.2) is 0 Å². The molecule has 0 bridgehead atoms. The molecule has 0 fully saturated rings. The van der Waals surface area contributed by atoms with E-state index in [2.05, 4.69) is 60.7 Å². The van der Waals surface area contributed by atoms with Crippen LogP contribution in [0.15, 0.2) is 60.7 Å². The second-order valence-electron chi connectivity index (χ2n) is 4.17. The number of hydrogen-bond acceptors (Lipinski definition) is 1. The minimum atomic E-state index is -0.242. The highest BCUT2D eigenvalue weighted by Crippen LogP contribution is 2.33. The van der Waals surface area contributed by atoms with Crippen molar-refractivity contribution >= 4 is 18.5 Å². The maximum atomic E-state index is 5.17. The van der Waals surface area contributed by atoms with Gasteiger partial charge in [0.25, 0.3) is 0 Å². The van der Waals surface area contributed by atoms with E-state index in [1.807, 2.05) is 0 Å². The summed E-state index contributed by atoms with van der Waals surface area (Å²) in [6.07, 6.45) is 2.31. The molecular weight excluding hydrogens is 239 g/mol. The Labute approximate surface area is 111 Å². The lowest BCUT2D eigenvalue weighted by atomic mass is 10.4. The van der Waals surface area contributed by atoms with E-state index in [1.165, 1.54) is 16.8 Å². The van der Waals surface area contributed by atoms with Crippen LogP contribution >= 0.6 is 7.92 Å². The van der Waals surface area contributed by atoms with Crippen molar-refractivity contribution in [3.8, 4) is 0 Å². The van der Waals surface area contributed by atoms with Crippen molar-refractivity contribution in [1.29, 1.82) is 0 Å². The zero-order chi connectivity index (χ0) is 12.6. The van der Waals surface area contributed by atoms with Crippen molar-refractivity contribution in [2.45, 2.75) is 6.42 Å². The van der Waals surface area contributed by atoms with Crippen LogP contribution in [-0.4, -0.2) is 19.9 Å². The Bertz CT molecular complexity index is 402. The van der Waals surface area contributed by atoms with Crippen molar-refractivity contribution < 1.29 is 4.74 Å². The molecule has 2 aromatic rings. The fraction of sp³-hybridized carbons (Fsp3) is 0.250. The number of hydrogen-bond donors (Lipinski definition) is 0. The molecule has 0 aliphatic rings. The third-order valence-corrected chi connectivity index (χ3v) is 5.47. The molecule has 2 rings (SSSR count). The van der Waals surface area contributed by atoms with E-state index in [1.54, 1.807) is 7.11 Å². The summed E-state index contributed by atoms with van der Waals surface area (Å²) >= 11 is 0. The minimum absolute atomic E-state index is 0.242. The summed E-state index contributed by atoms with van der Waals surface area (Å²) in [6, 6.07) is 21.6. The maximum Gasteiger partial charge on any atom is 0.0465 e. The molecule has 0 aliphatic heterocycles. The smallest absolute Gasteiger partial charge is 0.0465 e. The Morgan fingerprint density at radius 3 is 1.78 bits per heavy atom. The molecular formula is C16H19OP. The summed E-state index contributed by atoms with van der Waals surface area (Å²) in [7, 11) is 1.53. The van der Waals surface area contributed by atoms with Crippen LogP contribution in [0.3, 0.4) is 0 Å². The predicted molar refractivity (Wildman–Crippen MR) is 80.4 cm³/mol. The fourth-order valence-electron chi connectivity index (χ4n) is 1.99. The molecule has 0 spiro atoms. The molecule has 2 heteroatoms. The lowest BCUT2D eigenvalue weighted by molar-refractivity contribution is 0.200. The Kier molecular flexibility index (Phi) is 5.38. The van der Waals surface area contributed by atoms with Crippen LogP contribution in [0.25, 0.3) is 0 Å². The van der Waals surface area contributed by atoms with Gasteiger partial charge in [0.05, 0.1) is 0 Å². The molecule has 0 N–H and O–H groups in total. The number of methoxy groups -OCH3 is 1. The highest BCUT2D eigenvalue weighted by Gasteiger charge is 2.12. The van der Waals surface area contributed by atoms with Gasteiger partial charge in [-0.25, -0.2) is 0 Å². The molecule has 0 saturated carbocycles. The molecule has 0 aliphatic carbocycles. The van der Waals surface area contributed by atoms with Gasteiger partial charge in [-0.3, -0.25) is 0 Å². The monoisotopic (exact) mass is 258 g/mol. The van der Waals surface area contributed by atoms with Crippen LogP contribution in [0, 0.1) is 0 Å². The quantitative estimate of drug-likeness (QED) is 0.571. The highest BCUT2D eigenvalue weighted by atomic mass is 31.1. The van der Waals surface area contributed by atoms with Crippen molar-refractivity contribution in [1.82, 2.24) is 0 Å². The summed E-state index contributed by atoms with van der Waals surface area (Å²) < 4.78 is 5.17. The SMILES string of the molecule is COCCCP(c1ccccc1)c1ccccc1. The molecule has 0 amide bonds. The Hall–Kier alpha value is -1.17. The summed E-state index contributed by atoms with van der Waals surface area (Å²) in [5.74, 6) is 0. The molecule has 0 heterocycles. The summed E-state index contributed by atoms with van der Waals surface area (Å²) in [4.78, 5) is 0. The third kappa shape index (κ3) is 3.66. The zero-order valence-electron chi connectivity index (χ0n) is 10.8. The van der Waals surface area contributed by atoms with E-state index >= 15 is 0 Å². The lowest BCUT2D eigenvalue weighted by Crippen LogP contribution is -2.14. The summed E-state index contributed by atoms with van der Waals surface area (Å²) in [5, 5.41) is 2.91. The van der Waals surface area contributed by atoms with Gasteiger partial charge in [0.1, 0.15) is 0 Å². The summed E-state index contributed by atoms with van der Waals surface area (Å²) in [5.41, 5.74) is 0. The van der Waals surface area contributed by atoms with Gasteiger partial charge in [-0.05, 0) is 31.1 Å². The van der Waals surface area contributed by atoms with Crippen molar-refractivity contribution in [2.75, 3.05) is 19.9 Å². The molecule has 2 aromatic carbocycles. The fourth-order valence-corrected chi connectivity index (χ4v) is 4.31. The van der Waals surface area contributed by atoms with E-state index in [-0.39, 0.29) is 7.92 Å². The molecule has 0 radical (unpaired) electrons. The van der Waals surface area contributed by atoms with Gasteiger partial charge in [0.2, 0.25) is 0 Å². The second kappa shape index (κ2) is 7.31. The minimum Gasteiger partial charge on any atom is -0.385 e. The van der Waals surface area contributed by atoms with Crippen LogP contribution < -0.4 is 10.6 Å². The van der Waals surface area contributed by atoms with E-state index in [0.29, 0.717) is 0 Å². The lowest BCUT2D eigenvalue weighted by Gasteiger charge is -2.18. The van der Waals surface area contributed by atoms with Gasteiger partial charge >= 0.3 is 0 Å². The van der Waals surface area contributed by atoms with E-state index in [4.69, 9.17) is 4.74 Å². The largest absolute Gasteiger partial charge is 0.385 e. The topological polar surface area (TPSA) is 9.23 Å². The van der Waals surface area contributed by atoms with E-state index < -0.39 is 0 Å². The highest BCUT2D eigenvalue weighted by molar-refractivity contribution is 7.73. The van der Waals surface area contributed by atoms with Crippen LogP contribution in [0.5, 0.6) is 0 Å². The molecule has 0 saturated heterocycles. The van der Waals surface area contributed by atoms with Crippen molar-refractivity contribution in [3.63, 3.8) is 0 Å². The number of ether oxygens (including phenoxy) is 1. The van der Waals surface area contributed by atoms with Crippen molar-refractivity contribution in [2.24, 2.45) is 0 Å². The summed E-state index contributed by atoms with van der Waals surface area (Å²) in [6.45, 7) is 0.846. The predicted octanol–water partition coefficient (Wildman–Crippen LogP) is 3.16. The second-order valence-corrected chi connectivity index (χ2v) is 6.51. The first kappa shape index (κ1) is 13.3. The van der Waals surface area contributed by atoms with E-state index in [0.717, 1.165) is 13.0 Å². The van der Waals surface area contributed by atoms with E-state index in [9.17, 15) is 0 Å². The van der Waals surface area contributed by atoms with Crippen molar-refractivity contribution in [3.05, 3.63) is 60.7 Å². The number of benzene rings is 2. The molecule has 1 nitrogen and oxygen atoms in total. The molecule has 0 aromatic heterocycles. The number of rotatable bonds is 6. The zero-order valence-corrected chi connectivity index (χ0v) is 11.6. The van der Waals surface area contributed by atoms with Gasteiger partial charge in [-0.1, -0.05) is 60.7 Å². The molecule has 0 unspecified atom stereocenters. The van der Waals surface area contributed by atoms with Crippen LogP contribution in [-0.2, 0) is 4.74 Å². The standard InChI is InChI=1S/C16H19OP/c1-17-13-8-14-18(15-9-4-2-5-10-15)16-11-6-3-7-12-16/h2-7,9-12H,8,13-14H2,1H3. The van der Waals surface area contributed by atoms with Crippen LogP contribution in [0.2, 0.25) is 0 Å². The Morgan fingerprint density at radius 1 is 0.833 bits per heavy atom.